The summed E-state index contributed by atoms with van der Waals surface area (Å²) in [5.41, 5.74) is 7.59. The maximum Gasteiger partial charge on any atom is 0.221 e. The van der Waals surface area contributed by atoms with Gasteiger partial charge < -0.3 is 11.1 Å². The Kier molecular flexibility index (Phi) is 4.54. The Hall–Kier alpha value is -1.52. The SMILES string of the molecule is CC(=O)Nc1ccc(-c2ccc(N)s2)cc1.Cl. The number of amides is 1. The lowest BCUT2D eigenvalue weighted by molar-refractivity contribution is -0.114. The fourth-order valence-electron chi connectivity index (χ4n) is 1.43. The molecule has 1 aromatic heterocycles. The average molecular weight is 269 g/mol. The maximum absolute atomic E-state index is 10.8. The van der Waals surface area contributed by atoms with Crippen molar-refractivity contribution in [3.63, 3.8) is 0 Å². The summed E-state index contributed by atoms with van der Waals surface area (Å²) in [7, 11) is 0. The van der Waals surface area contributed by atoms with Crippen LogP contribution in [0.1, 0.15) is 6.92 Å². The van der Waals surface area contributed by atoms with Crippen LogP contribution in [0.25, 0.3) is 10.4 Å². The van der Waals surface area contributed by atoms with E-state index in [2.05, 4.69) is 5.32 Å². The van der Waals surface area contributed by atoms with Crippen LogP contribution in [-0.4, -0.2) is 5.91 Å². The zero-order chi connectivity index (χ0) is 11.5. The molecular formula is C12H13ClN2OS. The summed E-state index contributed by atoms with van der Waals surface area (Å²) in [6.07, 6.45) is 0. The molecule has 0 saturated carbocycles. The Morgan fingerprint density at radius 1 is 1.18 bits per heavy atom. The molecule has 0 spiro atoms. The zero-order valence-corrected chi connectivity index (χ0v) is 10.9. The van der Waals surface area contributed by atoms with Gasteiger partial charge in [-0.3, -0.25) is 4.79 Å². The summed E-state index contributed by atoms with van der Waals surface area (Å²) in [6.45, 7) is 1.49. The van der Waals surface area contributed by atoms with Gasteiger partial charge in [0.2, 0.25) is 5.91 Å². The number of thiophene rings is 1. The van der Waals surface area contributed by atoms with Gasteiger partial charge in [0.15, 0.2) is 0 Å². The number of halogens is 1. The minimum absolute atomic E-state index is 0. The van der Waals surface area contributed by atoms with E-state index in [4.69, 9.17) is 5.73 Å². The van der Waals surface area contributed by atoms with Gasteiger partial charge in [0, 0.05) is 17.5 Å². The first-order valence-corrected chi connectivity index (χ1v) is 5.70. The number of carbonyl (C=O) groups excluding carboxylic acids is 1. The fourth-order valence-corrected chi connectivity index (χ4v) is 2.21. The van der Waals surface area contributed by atoms with Crippen LogP contribution in [0, 0.1) is 0 Å². The molecule has 0 aliphatic rings. The van der Waals surface area contributed by atoms with E-state index in [0.717, 1.165) is 21.1 Å². The Morgan fingerprint density at radius 2 is 1.82 bits per heavy atom. The largest absolute Gasteiger partial charge is 0.391 e. The molecular weight excluding hydrogens is 256 g/mol. The second kappa shape index (κ2) is 5.70. The molecule has 0 radical (unpaired) electrons. The standard InChI is InChI=1S/C12H12N2OS.ClH/c1-8(15)14-10-4-2-9(3-5-10)11-6-7-12(13)16-11;/h2-7H,13H2,1H3,(H,14,15);1H. The molecule has 0 saturated heterocycles. The molecule has 1 amide bonds. The topological polar surface area (TPSA) is 55.1 Å². The van der Waals surface area contributed by atoms with Gasteiger partial charge in [-0.15, -0.1) is 23.7 Å². The van der Waals surface area contributed by atoms with E-state index in [-0.39, 0.29) is 18.3 Å². The van der Waals surface area contributed by atoms with Gasteiger partial charge in [0.1, 0.15) is 0 Å². The third-order valence-electron chi connectivity index (χ3n) is 2.12. The number of benzene rings is 1. The number of nitrogens with one attached hydrogen (secondary N) is 1. The molecule has 2 aromatic rings. The van der Waals surface area contributed by atoms with Crippen LogP contribution < -0.4 is 11.1 Å². The normalized spacial score (nSPS) is 9.47. The summed E-state index contributed by atoms with van der Waals surface area (Å²) in [5, 5.41) is 3.53. The summed E-state index contributed by atoms with van der Waals surface area (Å²) >= 11 is 1.55. The van der Waals surface area contributed by atoms with E-state index in [0.29, 0.717) is 0 Å². The van der Waals surface area contributed by atoms with Gasteiger partial charge in [-0.1, -0.05) is 12.1 Å². The monoisotopic (exact) mass is 268 g/mol. The number of anilines is 2. The molecule has 1 aromatic carbocycles. The van der Waals surface area contributed by atoms with Crippen molar-refractivity contribution >= 4 is 40.3 Å². The Labute approximate surface area is 110 Å². The Balaban J connectivity index is 0.00000144. The second-order valence-corrected chi connectivity index (χ2v) is 4.58. The number of hydrogen-bond donors (Lipinski definition) is 2. The minimum Gasteiger partial charge on any atom is -0.391 e. The van der Waals surface area contributed by atoms with Gasteiger partial charge in [-0.25, -0.2) is 0 Å². The average Bonchev–Trinajstić information content (AvgIpc) is 2.65. The first-order chi connectivity index (χ1) is 7.65. The van der Waals surface area contributed by atoms with Crippen molar-refractivity contribution in [3.05, 3.63) is 36.4 Å². The van der Waals surface area contributed by atoms with E-state index < -0.39 is 0 Å². The molecule has 17 heavy (non-hydrogen) atoms. The number of rotatable bonds is 2. The summed E-state index contributed by atoms with van der Waals surface area (Å²) < 4.78 is 0. The predicted molar refractivity (Wildman–Crippen MR) is 75.7 cm³/mol. The highest BCUT2D eigenvalue weighted by molar-refractivity contribution is 7.19. The van der Waals surface area contributed by atoms with Crippen molar-refractivity contribution in [2.24, 2.45) is 0 Å². The van der Waals surface area contributed by atoms with E-state index in [1.165, 1.54) is 6.92 Å². The molecule has 3 N–H and O–H groups in total. The zero-order valence-electron chi connectivity index (χ0n) is 9.27. The lowest BCUT2D eigenvalue weighted by atomic mass is 10.2. The highest BCUT2D eigenvalue weighted by Gasteiger charge is 2.01. The van der Waals surface area contributed by atoms with Crippen LogP contribution in [0.5, 0.6) is 0 Å². The van der Waals surface area contributed by atoms with Gasteiger partial charge >= 0.3 is 0 Å². The van der Waals surface area contributed by atoms with Crippen molar-refractivity contribution in [2.45, 2.75) is 6.92 Å². The molecule has 5 heteroatoms. The minimum atomic E-state index is -0.0619. The van der Waals surface area contributed by atoms with Gasteiger partial charge in [0.25, 0.3) is 0 Å². The van der Waals surface area contributed by atoms with Crippen LogP contribution >= 0.6 is 23.7 Å². The molecule has 0 atom stereocenters. The van der Waals surface area contributed by atoms with Crippen LogP contribution in [-0.2, 0) is 4.79 Å². The molecule has 0 bridgehead atoms. The van der Waals surface area contributed by atoms with Gasteiger partial charge in [-0.05, 0) is 29.8 Å². The highest BCUT2D eigenvalue weighted by atomic mass is 35.5. The van der Waals surface area contributed by atoms with Crippen molar-refractivity contribution in [1.29, 1.82) is 0 Å². The van der Waals surface area contributed by atoms with Crippen molar-refractivity contribution in [2.75, 3.05) is 11.1 Å². The Bertz CT molecular complexity index is 507. The fraction of sp³-hybridized carbons (Fsp3) is 0.0833. The number of hydrogen-bond acceptors (Lipinski definition) is 3. The smallest absolute Gasteiger partial charge is 0.221 e. The second-order valence-electron chi connectivity index (χ2n) is 3.46. The molecule has 0 unspecified atom stereocenters. The third kappa shape index (κ3) is 3.47. The first kappa shape index (κ1) is 13.5. The summed E-state index contributed by atoms with van der Waals surface area (Å²) in [4.78, 5) is 12.0. The predicted octanol–water partition coefficient (Wildman–Crippen LogP) is 3.38. The third-order valence-corrected chi connectivity index (χ3v) is 3.08. The molecule has 0 fully saturated rings. The number of carbonyl (C=O) groups is 1. The van der Waals surface area contributed by atoms with Crippen LogP contribution in [0.15, 0.2) is 36.4 Å². The van der Waals surface area contributed by atoms with Crippen LogP contribution in [0.2, 0.25) is 0 Å². The molecule has 0 aliphatic carbocycles. The number of nitrogen functional groups attached to an aromatic ring is 1. The van der Waals surface area contributed by atoms with Crippen molar-refractivity contribution in [3.8, 4) is 10.4 Å². The highest BCUT2D eigenvalue weighted by Crippen LogP contribution is 2.30. The van der Waals surface area contributed by atoms with Crippen molar-refractivity contribution < 1.29 is 4.79 Å². The summed E-state index contributed by atoms with van der Waals surface area (Å²) in [6, 6.07) is 11.6. The Morgan fingerprint density at radius 3 is 2.29 bits per heavy atom. The van der Waals surface area contributed by atoms with E-state index >= 15 is 0 Å². The lowest BCUT2D eigenvalue weighted by Gasteiger charge is -2.02. The molecule has 1 heterocycles. The molecule has 2 rings (SSSR count). The molecule has 0 aliphatic heterocycles. The molecule has 3 nitrogen and oxygen atoms in total. The van der Waals surface area contributed by atoms with Crippen LogP contribution in [0.3, 0.4) is 0 Å². The number of nitrogens with two attached hydrogens (primary N) is 1. The van der Waals surface area contributed by atoms with Gasteiger partial charge in [0.05, 0.1) is 5.00 Å². The summed E-state index contributed by atoms with van der Waals surface area (Å²) in [5.74, 6) is -0.0619. The lowest BCUT2D eigenvalue weighted by Crippen LogP contribution is -2.05. The van der Waals surface area contributed by atoms with E-state index in [1.54, 1.807) is 11.3 Å². The first-order valence-electron chi connectivity index (χ1n) is 4.88. The van der Waals surface area contributed by atoms with Crippen LogP contribution in [0.4, 0.5) is 10.7 Å². The van der Waals surface area contributed by atoms with E-state index in [1.807, 2.05) is 36.4 Å². The quantitative estimate of drug-likeness (QED) is 0.877. The maximum atomic E-state index is 10.8. The van der Waals surface area contributed by atoms with E-state index in [9.17, 15) is 4.79 Å². The van der Waals surface area contributed by atoms with Crippen molar-refractivity contribution in [1.82, 2.24) is 0 Å². The van der Waals surface area contributed by atoms with Gasteiger partial charge in [-0.2, -0.15) is 0 Å². The molecule has 90 valence electrons.